The van der Waals surface area contributed by atoms with Gasteiger partial charge in [-0.25, -0.2) is 0 Å². The number of hydrogen-bond donors (Lipinski definition) is 2. The second-order valence-electron chi connectivity index (χ2n) is 4.45. The van der Waals surface area contributed by atoms with Crippen LogP contribution in [0.3, 0.4) is 0 Å². The Hall–Kier alpha value is -1.17. The molecule has 0 aliphatic carbocycles. The molecule has 106 valence electrons. The van der Waals surface area contributed by atoms with Crippen LogP contribution < -0.4 is 5.32 Å². The topological polar surface area (TPSA) is 49.3 Å². The van der Waals surface area contributed by atoms with Gasteiger partial charge in [-0.2, -0.15) is 0 Å². The molecule has 0 fully saturated rings. The Morgan fingerprint density at radius 1 is 1.30 bits per heavy atom. The normalized spacial score (nSPS) is 10.7. The summed E-state index contributed by atoms with van der Waals surface area (Å²) in [6.45, 7) is 1.52. The fourth-order valence-electron chi connectivity index (χ4n) is 1.85. The summed E-state index contributed by atoms with van der Waals surface area (Å²) in [5, 5.41) is 11.8. The summed E-state index contributed by atoms with van der Waals surface area (Å²) in [6, 6.07) is 12.5. The standard InChI is InChI=1S/C15H16BrNO2S/c16-12-4-1-3-11(9-12)14-7-6-13(20-14)10-17-8-2-5-15(18)19/h1,3-4,6-7,9,17H,2,5,8,10H2,(H,18,19). The molecule has 0 saturated heterocycles. The van der Waals surface area contributed by atoms with Crippen molar-refractivity contribution >= 4 is 33.2 Å². The molecule has 2 aromatic rings. The third kappa shape index (κ3) is 4.74. The van der Waals surface area contributed by atoms with E-state index in [-0.39, 0.29) is 6.42 Å². The second-order valence-corrected chi connectivity index (χ2v) is 6.53. The predicted molar refractivity (Wildman–Crippen MR) is 86.0 cm³/mol. The van der Waals surface area contributed by atoms with Gasteiger partial charge in [-0.05, 0) is 42.8 Å². The van der Waals surface area contributed by atoms with E-state index in [1.165, 1.54) is 15.3 Å². The lowest BCUT2D eigenvalue weighted by Crippen LogP contribution is -2.14. The monoisotopic (exact) mass is 353 g/mol. The van der Waals surface area contributed by atoms with Crippen molar-refractivity contribution in [2.45, 2.75) is 19.4 Å². The Labute approximate surface area is 130 Å². The maximum absolute atomic E-state index is 10.4. The highest BCUT2D eigenvalue weighted by molar-refractivity contribution is 9.10. The summed E-state index contributed by atoms with van der Waals surface area (Å²) in [7, 11) is 0. The number of halogens is 1. The maximum atomic E-state index is 10.4. The number of benzene rings is 1. The van der Waals surface area contributed by atoms with Crippen LogP contribution in [0.2, 0.25) is 0 Å². The molecule has 0 amide bonds. The number of rotatable bonds is 7. The van der Waals surface area contributed by atoms with E-state index in [4.69, 9.17) is 5.11 Å². The first-order valence-electron chi connectivity index (χ1n) is 6.42. The van der Waals surface area contributed by atoms with Gasteiger partial charge in [0.15, 0.2) is 0 Å². The maximum Gasteiger partial charge on any atom is 0.303 e. The van der Waals surface area contributed by atoms with Crippen molar-refractivity contribution in [2.75, 3.05) is 6.54 Å². The number of aliphatic carboxylic acids is 1. The Kier molecular flexibility index (Phi) is 5.76. The molecule has 5 heteroatoms. The van der Waals surface area contributed by atoms with Crippen LogP contribution in [0.5, 0.6) is 0 Å². The van der Waals surface area contributed by atoms with Crippen molar-refractivity contribution in [2.24, 2.45) is 0 Å². The Bertz CT molecular complexity index is 583. The molecule has 0 saturated carbocycles. The van der Waals surface area contributed by atoms with Crippen LogP contribution in [0.25, 0.3) is 10.4 Å². The van der Waals surface area contributed by atoms with Crippen LogP contribution in [0.15, 0.2) is 40.9 Å². The molecule has 2 rings (SSSR count). The lowest BCUT2D eigenvalue weighted by Gasteiger charge is -2.01. The zero-order chi connectivity index (χ0) is 14.4. The molecule has 3 nitrogen and oxygen atoms in total. The molecular formula is C15H16BrNO2S. The molecule has 0 radical (unpaired) electrons. The van der Waals surface area contributed by atoms with Gasteiger partial charge in [0.25, 0.3) is 0 Å². The molecule has 0 aliphatic heterocycles. The molecular weight excluding hydrogens is 338 g/mol. The van der Waals surface area contributed by atoms with E-state index < -0.39 is 5.97 Å². The minimum absolute atomic E-state index is 0.223. The Morgan fingerprint density at radius 3 is 2.90 bits per heavy atom. The van der Waals surface area contributed by atoms with Crippen molar-refractivity contribution in [3.8, 4) is 10.4 Å². The van der Waals surface area contributed by atoms with Gasteiger partial charge in [0.05, 0.1) is 0 Å². The smallest absolute Gasteiger partial charge is 0.303 e. The van der Waals surface area contributed by atoms with Gasteiger partial charge in [-0.1, -0.05) is 28.1 Å². The highest BCUT2D eigenvalue weighted by Crippen LogP contribution is 2.29. The molecule has 0 spiro atoms. The van der Waals surface area contributed by atoms with Gasteiger partial charge in [0, 0.05) is 27.2 Å². The first kappa shape index (κ1) is 15.2. The number of nitrogens with one attached hydrogen (secondary N) is 1. The van der Waals surface area contributed by atoms with Gasteiger partial charge in [0.2, 0.25) is 0 Å². The summed E-state index contributed by atoms with van der Waals surface area (Å²) >= 11 is 5.24. The first-order chi connectivity index (χ1) is 9.65. The van der Waals surface area contributed by atoms with Crippen molar-refractivity contribution in [3.05, 3.63) is 45.7 Å². The summed E-state index contributed by atoms with van der Waals surface area (Å²) in [5.74, 6) is -0.736. The van der Waals surface area contributed by atoms with Crippen molar-refractivity contribution in [3.63, 3.8) is 0 Å². The quantitative estimate of drug-likeness (QED) is 0.735. The average molecular weight is 354 g/mol. The molecule has 0 unspecified atom stereocenters. The number of carbonyl (C=O) groups is 1. The molecule has 1 aromatic heterocycles. The zero-order valence-electron chi connectivity index (χ0n) is 10.9. The molecule has 0 bridgehead atoms. The summed E-state index contributed by atoms with van der Waals surface area (Å²) in [4.78, 5) is 12.9. The average Bonchev–Trinajstić information content (AvgIpc) is 2.87. The third-order valence-electron chi connectivity index (χ3n) is 2.81. The number of hydrogen-bond acceptors (Lipinski definition) is 3. The first-order valence-corrected chi connectivity index (χ1v) is 8.03. The van der Waals surface area contributed by atoms with Gasteiger partial charge in [0.1, 0.15) is 0 Å². The van der Waals surface area contributed by atoms with E-state index in [9.17, 15) is 4.79 Å². The fourth-order valence-corrected chi connectivity index (χ4v) is 3.22. The molecule has 1 heterocycles. The summed E-state index contributed by atoms with van der Waals surface area (Å²) in [5.41, 5.74) is 1.21. The minimum Gasteiger partial charge on any atom is -0.481 e. The van der Waals surface area contributed by atoms with E-state index in [1.54, 1.807) is 11.3 Å². The van der Waals surface area contributed by atoms with Crippen LogP contribution in [0, 0.1) is 0 Å². The second kappa shape index (κ2) is 7.57. The van der Waals surface area contributed by atoms with Gasteiger partial charge < -0.3 is 10.4 Å². The largest absolute Gasteiger partial charge is 0.481 e. The number of thiophene rings is 1. The van der Waals surface area contributed by atoms with E-state index in [0.29, 0.717) is 6.42 Å². The molecule has 20 heavy (non-hydrogen) atoms. The summed E-state index contributed by atoms with van der Waals surface area (Å²) in [6.07, 6.45) is 0.889. The van der Waals surface area contributed by atoms with Crippen molar-refractivity contribution in [1.29, 1.82) is 0 Å². The summed E-state index contributed by atoms with van der Waals surface area (Å²) < 4.78 is 1.08. The van der Waals surface area contributed by atoms with E-state index in [1.807, 2.05) is 12.1 Å². The van der Waals surface area contributed by atoms with E-state index in [2.05, 4.69) is 45.5 Å². The van der Waals surface area contributed by atoms with Crippen molar-refractivity contribution < 1.29 is 9.90 Å². The SMILES string of the molecule is O=C(O)CCCNCc1ccc(-c2cccc(Br)c2)s1. The lowest BCUT2D eigenvalue weighted by molar-refractivity contribution is -0.137. The van der Waals surface area contributed by atoms with Gasteiger partial charge in [-0.15, -0.1) is 11.3 Å². The Balaban J connectivity index is 1.85. The van der Waals surface area contributed by atoms with Crippen LogP contribution in [0.4, 0.5) is 0 Å². The van der Waals surface area contributed by atoms with Gasteiger partial charge >= 0.3 is 5.97 Å². The highest BCUT2D eigenvalue weighted by Gasteiger charge is 2.03. The minimum atomic E-state index is -0.736. The Morgan fingerprint density at radius 2 is 2.15 bits per heavy atom. The zero-order valence-corrected chi connectivity index (χ0v) is 13.3. The van der Waals surface area contributed by atoms with E-state index in [0.717, 1.165) is 17.6 Å². The van der Waals surface area contributed by atoms with Crippen LogP contribution in [-0.2, 0) is 11.3 Å². The molecule has 0 atom stereocenters. The molecule has 2 N–H and O–H groups in total. The number of carboxylic acid groups (broad SMARTS) is 1. The number of carboxylic acids is 1. The van der Waals surface area contributed by atoms with Crippen LogP contribution in [-0.4, -0.2) is 17.6 Å². The molecule has 0 aliphatic rings. The van der Waals surface area contributed by atoms with Crippen LogP contribution >= 0.6 is 27.3 Å². The lowest BCUT2D eigenvalue weighted by atomic mass is 10.2. The third-order valence-corrected chi connectivity index (χ3v) is 4.44. The molecule has 1 aromatic carbocycles. The fraction of sp³-hybridized carbons (Fsp3) is 0.267. The van der Waals surface area contributed by atoms with E-state index >= 15 is 0 Å². The highest BCUT2D eigenvalue weighted by atomic mass is 79.9. The van der Waals surface area contributed by atoms with Crippen molar-refractivity contribution in [1.82, 2.24) is 5.32 Å². The van der Waals surface area contributed by atoms with Crippen LogP contribution in [0.1, 0.15) is 17.7 Å². The van der Waals surface area contributed by atoms with Gasteiger partial charge in [-0.3, -0.25) is 4.79 Å². The predicted octanol–water partition coefficient (Wildman–Crippen LogP) is 4.13.